The summed E-state index contributed by atoms with van der Waals surface area (Å²) in [5.74, 6) is -1.93. The minimum Gasteiger partial charge on any atom is -0.481 e. The Morgan fingerprint density at radius 1 is 1.67 bits per heavy atom. The first kappa shape index (κ1) is 14.7. The first-order chi connectivity index (χ1) is 8.34. The van der Waals surface area contributed by atoms with E-state index in [2.05, 4.69) is 10.0 Å². The van der Waals surface area contributed by atoms with Crippen LogP contribution < -0.4 is 0 Å². The van der Waals surface area contributed by atoms with E-state index in [1.54, 1.807) is 13.8 Å². The molecule has 1 heterocycles. The molecule has 0 saturated carbocycles. The average molecular weight is 259 g/mol. The van der Waals surface area contributed by atoms with Crippen LogP contribution in [0.25, 0.3) is 10.4 Å². The number of ether oxygens (including phenoxy) is 2. The van der Waals surface area contributed by atoms with Crippen LogP contribution >= 0.6 is 0 Å². The Morgan fingerprint density at radius 2 is 2.33 bits per heavy atom. The summed E-state index contributed by atoms with van der Waals surface area (Å²) in [6.45, 7) is 3.59. The predicted octanol–water partition coefficient (Wildman–Crippen LogP) is 1.04. The molecule has 1 aliphatic heterocycles. The molecule has 18 heavy (non-hydrogen) atoms. The van der Waals surface area contributed by atoms with Crippen LogP contribution in [0.1, 0.15) is 26.7 Å². The van der Waals surface area contributed by atoms with Gasteiger partial charge in [-0.25, -0.2) is 0 Å². The van der Waals surface area contributed by atoms with E-state index in [-0.39, 0.29) is 19.4 Å². The molecule has 2 N–H and O–H groups in total. The lowest BCUT2D eigenvalue weighted by Gasteiger charge is -2.40. The normalized spacial score (nSPS) is 28.2. The molecule has 0 aliphatic carbocycles. The molecule has 0 amide bonds. The summed E-state index contributed by atoms with van der Waals surface area (Å²) in [5.41, 5.74) is 8.44. The molecule has 0 aromatic carbocycles. The second-order valence-electron chi connectivity index (χ2n) is 4.63. The molecule has 1 rings (SSSR count). The van der Waals surface area contributed by atoms with Crippen molar-refractivity contribution in [2.24, 2.45) is 5.11 Å². The lowest BCUT2D eigenvalue weighted by Crippen LogP contribution is -2.49. The van der Waals surface area contributed by atoms with E-state index >= 15 is 0 Å². The zero-order valence-electron chi connectivity index (χ0n) is 10.3. The standard InChI is InChI=1S/C10H17N3O5/c1-10(2)17-5-7(12-13-11)8(18-10)3-6(14)4-9(15)16/h6-8,14H,3-5H2,1-2H3,(H,15,16)/t6-,7-,8-/m1/s1. The molecule has 1 aliphatic rings. The number of nitrogens with zero attached hydrogens (tertiary/aromatic N) is 3. The van der Waals surface area contributed by atoms with Crippen LogP contribution in [0.2, 0.25) is 0 Å². The summed E-state index contributed by atoms with van der Waals surface area (Å²) in [6.07, 6.45) is -1.89. The SMILES string of the molecule is CC1(C)OC[C@@H](N=[N+]=[N-])[C@@H](C[C@@H](O)CC(=O)O)O1. The number of aliphatic carboxylic acids is 1. The minimum atomic E-state index is -1.09. The van der Waals surface area contributed by atoms with Gasteiger partial charge in [0.05, 0.1) is 31.3 Å². The van der Waals surface area contributed by atoms with E-state index < -0.39 is 30.0 Å². The van der Waals surface area contributed by atoms with Gasteiger partial charge in [-0.05, 0) is 19.4 Å². The minimum absolute atomic E-state index is 0.0861. The molecule has 102 valence electrons. The van der Waals surface area contributed by atoms with Gasteiger partial charge in [-0.1, -0.05) is 5.11 Å². The maximum absolute atomic E-state index is 10.5. The molecule has 3 atom stereocenters. The predicted molar refractivity (Wildman–Crippen MR) is 60.7 cm³/mol. The topological polar surface area (TPSA) is 125 Å². The van der Waals surface area contributed by atoms with E-state index in [4.69, 9.17) is 20.1 Å². The molecule has 8 heteroatoms. The monoisotopic (exact) mass is 259 g/mol. The number of azide groups is 1. The molecule has 0 radical (unpaired) electrons. The quantitative estimate of drug-likeness (QED) is 0.433. The summed E-state index contributed by atoms with van der Waals surface area (Å²) < 4.78 is 10.9. The maximum Gasteiger partial charge on any atom is 0.305 e. The summed E-state index contributed by atoms with van der Waals surface area (Å²) in [6, 6.07) is -0.563. The van der Waals surface area contributed by atoms with Crippen molar-refractivity contribution in [3.63, 3.8) is 0 Å². The Morgan fingerprint density at radius 3 is 2.89 bits per heavy atom. The molecule has 0 aromatic heterocycles. The zero-order valence-corrected chi connectivity index (χ0v) is 10.3. The highest BCUT2D eigenvalue weighted by molar-refractivity contribution is 5.67. The molecule has 0 unspecified atom stereocenters. The van der Waals surface area contributed by atoms with Crippen molar-refractivity contribution >= 4 is 5.97 Å². The van der Waals surface area contributed by atoms with Crippen molar-refractivity contribution in [3.05, 3.63) is 10.4 Å². The fourth-order valence-electron chi connectivity index (χ4n) is 1.80. The van der Waals surface area contributed by atoms with E-state index in [1.807, 2.05) is 0 Å². The first-order valence-electron chi connectivity index (χ1n) is 5.60. The Bertz CT molecular complexity index is 353. The molecule has 1 saturated heterocycles. The lowest BCUT2D eigenvalue weighted by molar-refractivity contribution is -0.282. The van der Waals surface area contributed by atoms with Crippen LogP contribution in [0.15, 0.2) is 5.11 Å². The van der Waals surface area contributed by atoms with Crippen LogP contribution in [-0.2, 0) is 14.3 Å². The maximum atomic E-state index is 10.5. The second-order valence-corrected chi connectivity index (χ2v) is 4.63. The Kier molecular flexibility index (Phi) is 4.92. The smallest absolute Gasteiger partial charge is 0.305 e. The number of carboxylic acids is 1. The highest BCUT2D eigenvalue weighted by atomic mass is 16.7. The first-order valence-corrected chi connectivity index (χ1v) is 5.60. The summed E-state index contributed by atoms with van der Waals surface area (Å²) in [5, 5.41) is 21.7. The van der Waals surface area contributed by atoms with E-state index in [1.165, 1.54) is 0 Å². The van der Waals surface area contributed by atoms with Gasteiger partial charge in [0.15, 0.2) is 5.79 Å². The van der Waals surface area contributed by atoms with Crippen LogP contribution in [0.5, 0.6) is 0 Å². The number of aliphatic hydroxyl groups is 1. The molecule has 0 spiro atoms. The van der Waals surface area contributed by atoms with Gasteiger partial charge in [0.1, 0.15) is 0 Å². The molecular weight excluding hydrogens is 242 g/mol. The molecule has 0 bridgehead atoms. The summed E-state index contributed by atoms with van der Waals surface area (Å²) >= 11 is 0. The molecule has 1 fully saturated rings. The van der Waals surface area contributed by atoms with E-state index in [0.29, 0.717) is 0 Å². The van der Waals surface area contributed by atoms with Crippen LogP contribution in [0.3, 0.4) is 0 Å². The Balaban J connectivity index is 2.66. The van der Waals surface area contributed by atoms with E-state index in [0.717, 1.165) is 0 Å². The number of hydrogen-bond donors (Lipinski definition) is 2. The van der Waals surface area contributed by atoms with Crippen LogP contribution in [-0.4, -0.2) is 46.8 Å². The van der Waals surface area contributed by atoms with Gasteiger partial charge >= 0.3 is 5.97 Å². The van der Waals surface area contributed by atoms with E-state index in [9.17, 15) is 9.90 Å². The van der Waals surface area contributed by atoms with Gasteiger partial charge in [-0.2, -0.15) is 0 Å². The lowest BCUT2D eigenvalue weighted by atomic mass is 10.0. The summed E-state index contributed by atoms with van der Waals surface area (Å²) in [7, 11) is 0. The van der Waals surface area contributed by atoms with Crippen molar-refractivity contribution in [2.45, 2.75) is 50.7 Å². The molecular formula is C10H17N3O5. The number of hydrogen-bond acceptors (Lipinski definition) is 5. The molecule has 0 aromatic rings. The number of rotatable bonds is 5. The van der Waals surface area contributed by atoms with Crippen molar-refractivity contribution in [1.29, 1.82) is 0 Å². The number of aliphatic hydroxyl groups excluding tert-OH is 1. The van der Waals surface area contributed by atoms with Gasteiger partial charge in [0.25, 0.3) is 0 Å². The van der Waals surface area contributed by atoms with Gasteiger partial charge in [-0.15, -0.1) is 0 Å². The Labute approximate surface area is 104 Å². The third-order valence-corrected chi connectivity index (χ3v) is 2.58. The van der Waals surface area contributed by atoms with Gasteiger partial charge < -0.3 is 19.7 Å². The summed E-state index contributed by atoms with van der Waals surface area (Å²) in [4.78, 5) is 13.2. The van der Waals surface area contributed by atoms with Crippen LogP contribution in [0, 0.1) is 0 Å². The van der Waals surface area contributed by atoms with Crippen LogP contribution in [0.4, 0.5) is 0 Å². The van der Waals surface area contributed by atoms with Gasteiger partial charge in [-0.3, -0.25) is 4.79 Å². The third-order valence-electron chi connectivity index (χ3n) is 2.58. The third kappa shape index (κ3) is 4.50. The largest absolute Gasteiger partial charge is 0.481 e. The van der Waals surface area contributed by atoms with Crippen molar-refractivity contribution in [2.75, 3.05) is 6.61 Å². The van der Waals surface area contributed by atoms with Crippen molar-refractivity contribution < 1.29 is 24.5 Å². The average Bonchev–Trinajstić information content (AvgIpc) is 2.20. The van der Waals surface area contributed by atoms with Gasteiger partial charge in [0, 0.05) is 11.3 Å². The Hall–Kier alpha value is -1.34. The number of carboxylic acid groups (broad SMARTS) is 1. The fourth-order valence-corrected chi connectivity index (χ4v) is 1.80. The fraction of sp³-hybridized carbons (Fsp3) is 0.900. The number of carbonyl (C=O) groups is 1. The van der Waals surface area contributed by atoms with Gasteiger partial charge in [0.2, 0.25) is 0 Å². The second kappa shape index (κ2) is 6.01. The van der Waals surface area contributed by atoms with Crippen molar-refractivity contribution in [1.82, 2.24) is 0 Å². The highest BCUT2D eigenvalue weighted by Gasteiger charge is 2.37. The molecule has 8 nitrogen and oxygen atoms in total. The highest BCUT2D eigenvalue weighted by Crippen LogP contribution is 2.27. The van der Waals surface area contributed by atoms with Crippen molar-refractivity contribution in [3.8, 4) is 0 Å². The zero-order chi connectivity index (χ0) is 13.8.